The van der Waals surface area contributed by atoms with Crippen LogP contribution in [0.25, 0.3) is 0 Å². The summed E-state index contributed by atoms with van der Waals surface area (Å²) >= 11 is 0. The van der Waals surface area contributed by atoms with E-state index in [9.17, 15) is 4.79 Å². The Labute approximate surface area is 83.7 Å². The van der Waals surface area contributed by atoms with Crippen molar-refractivity contribution in [3.8, 4) is 0 Å². The zero-order valence-electron chi connectivity index (χ0n) is 8.15. The van der Waals surface area contributed by atoms with Gasteiger partial charge in [-0.25, -0.2) is 4.79 Å². The van der Waals surface area contributed by atoms with Crippen molar-refractivity contribution in [1.82, 2.24) is 4.90 Å². The van der Waals surface area contributed by atoms with Gasteiger partial charge in [0.05, 0.1) is 0 Å². The van der Waals surface area contributed by atoms with Crippen LogP contribution < -0.4 is 0 Å². The molecule has 1 fully saturated rings. The van der Waals surface area contributed by atoms with Gasteiger partial charge in [0.2, 0.25) is 0 Å². The third-order valence-electron chi connectivity index (χ3n) is 3.02. The Morgan fingerprint density at radius 1 is 1.57 bits per heavy atom. The molecule has 14 heavy (non-hydrogen) atoms. The maximum absolute atomic E-state index is 10.9. The smallest absolute Gasteiger partial charge is 0.407 e. The van der Waals surface area contributed by atoms with Crippen LogP contribution in [0.4, 0.5) is 4.79 Å². The molecule has 1 saturated heterocycles. The van der Waals surface area contributed by atoms with E-state index in [1.165, 1.54) is 10.5 Å². The molecule has 1 atom stereocenters. The lowest BCUT2D eigenvalue weighted by molar-refractivity contribution is 0.150. The summed E-state index contributed by atoms with van der Waals surface area (Å²) < 4.78 is 0. The Morgan fingerprint density at radius 3 is 3.21 bits per heavy atom. The van der Waals surface area contributed by atoms with E-state index >= 15 is 0 Å². The number of amides is 1. The van der Waals surface area contributed by atoms with E-state index < -0.39 is 6.09 Å². The monoisotopic (exact) mass is 193 g/mol. The van der Waals surface area contributed by atoms with Crippen LogP contribution in [-0.4, -0.2) is 29.2 Å². The van der Waals surface area contributed by atoms with Gasteiger partial charge in [-0.15, -0.1) is 0 Å². The Hall–Kier alpha value is -1.25. The van der Waals surface area contributed by atoms with E-state index in [0.717, 1.165) is 19.3 Å². The lowest BCUT2D eigenvalue weighted by Crippen LogP contribution is -2.31. The van der Waals surface area contributed by atoms with Gasteiger partial charge in [-0.05, 0) is 30.8 Å². The normalized spacial score (nSPS) is 26.4. The lowest BCUT2D eigenvalue weighted by atomic mass is 9.89. The van der Waals surface area contributed by atoms with E-state index in [-0.39, 0.29) is 0 Å². The van der Waals surface area contributed by atoms with Crippen LogP contribution in [0.2, 0.25) is 0 Å². The van der Waals surface area contributed by atoms with Gasteiger partial charge >= 0.3 is 6.09 Å². The maximum atomic E-state index is 10.9. The molecule has 0 radical (unpaired) electrons. The molecule has 0 aromatic heterocycles. The van der Waals surface area contributed by atoms with Crippen LogP contribution >= 0.6 is 0 Å². The van der Waals surface area contributed by atoms with Gasteiger partial charge in [-0.3, -0.25) is 0 Å². The second-order valence-corrected chi connectivity index (χ2v) is 3.95. The maximum Gasteiger partial charge on any atom is 0.407 e. The molecule has 0 aromatic rings. The molecule has 2 aliphatic rings. The largest absolute Gasteiger partial charge is 0.465 e. The first-order valence-electron chi connectivity index (χ1n) is 5.11. The quantitative estimate of drug-likeness (QED) is 0.641. The molecule has 76 valence electrons. The molecule has 3 nitrogen and oxygen atoms in total. The third kappa shape index (κ3) is 1.81. The van der Waals surface area contributed by atoms with Crippen molar-refractivity contribution in [2.75, 3.05) is 13.1 Å². The summed E-state index contributed by atoms with van der Waals surface area (Å²) in [6.07, 6.45) is 8.69. The number of fused-ring (bicyclic) bond motifs is 1. The predicted octanol–water partition coefficient (Wildman–Crippen LogP) is 2.26. The molecule has 1 heterocycles. The molecule has 1 amide bonds. The Kier molecular flexibility index (Phi) is 2.57. The fourth-order valence-corrected chi connectivity index (χ4v) is 2.20. The summed E-state index contributed by atoms with van der Waals surface area (Å²) in [4.78, 5) is 12.4. The van der Waals surface area contributed by atoms with Crippen LogP contribution in [-0.2, 0) is 0 Å². The minimum absolute atomic E-state index is 0.587. The first-order valence-corrected chi connectivity index (χ1v) is 5.11. The minimum Gasteiger partial charge on any atom is -0.465 e. The molecule has 1 aliphatic carbocycles. The summed E-state index contributed by atoms with van der Waals surface area (Å²) in [5.74, 6) is 0.587. The summed E-state index contributed by atoms with van der Waals surface area (Å²) in [6, 6.07) is 0. The number of carbonyl (C=O) groups is 1. The van der Waals surface area contributed by atoms with Crippen LogP contribution in [0.1, 0.15) is 19.3 Å². The molecule has 0 aromatic carbocycles. The molecule has 2 rings (SSSR count). The SMILES string of the molecule is O=C(O)N1CCCC2CC=CC=C2C1. The second kappa shape index (κ2) is 3.86. The van der Waals surface area contributed by atoms with Crippen molar-refractivity contribution in [3.05, 3.63) is 23.8 Å². The summed E-state index contributed by atoms with van der Waals surface area (Å²) in [5, 5.41) is 8.93. The fourth-order valence-electron chi connectivity index (χ4n) is 2.20. The number of hydrogen-bond acceptors (Lipinski definition) is 1. The number of nitrogens with zero attached hydrogens (tertiary/aromatic N) is 1. The zero-order chi connectivity index (χ0) is 9.97. The number of rotatable bonds is 0. The van der Waals surface area contributed by atoms with E-state index in [4.69, 9.17) is 5.11 Å². The molecule has 0 bridgehead atoms. The van der Waals surface area contributed by atoms with Crippen LogP contribution in [0.15, 0.2) is 23.8 Å². The summed E-state index contributed by atoms with van der Waals surface area (Å²) in [6.45, 7) is 1.29. The van der Waals surface area contributed by atoms with E-state index in [1.54, 1.807) is 0 Å². The highest BCUT2D eigenvalue weighted by Gasteiger charge is 2.23. The van der Waals surface area contributed by atoms with Gasteiger partial charge in [-0.2, -0.15) is 0 Å². The van der Waals surface area contributed by atoms with Crippen molar-refractivity contribution in [2.45, 2.75) is 19.3 Å². The Bertz CT molecular complexity index is 294. The number of likely N-dealkylation sites (tertiary alicyclic amines) is 1. The topological polar surface area (TPSA) is 40.5 Å². The van der Waals surface area contributed by atoms with Gasteiger partial charge < -0.3 is 10.0 Å². The number of carboxylic acid groups (broad SMARTS) is 1. The minimum atomic E-state index is -0.791. The van der Waals surface area contributed by atoms with Gasteiger partial charge in [-0.1, -0.05) is 18.2 Å². The third-order valence-corrected chi connectivity index (χ3v) is 3.02. The van der Waals surface area contributed by atoms with Crippen molar-refractivity contribution in [2.24, 2.45) is 5.92 Å². The molecule has 1 unspecified atom stereocenters. The van der Waals surface area contributed by atoms with Crippen molar-refractivity contribution in [1.29, 1.82) is 0 Å². The lowest BCUT2D eigenvalue weighted by Gasteiger charge is -2.21. The van der Waals surface area contributed by atoms with E-state index in [1.807, 2.05) is 6.08 Å². The first kappa shape index (κ1) is 9.31. The molecule has 1 aliphatic heterocycles. The molecular formula is C11H15NO2. The van der Waals surface area contributed by atoms with Gasteiger partial charge in [0.25, 0.3) is 0 Å². The Morgan fingerprint density at radius 2 is 2.43 bits per heavy atom. The van der Waals surface area contributed by atoms with Gasteiger partial charge in [0.1, 0.15) is 0 Å². The highest BCUT2D eigenvalue weighted by Crippen LogP contribution is 2.28. The van der Waals surface area contributed by atoms with Gasteiger partial charge in [0, 0.05) is 13.1 Å². The standard InChI is InChI=1S/C11H15NO2/c13-11(14)12-7-3-6-9-4-1-2-5-10(9)8-12/h1-2,5,9H,3-4,6-8H2,(H,13,14). The Balaban J connectivity index is 2.13. The van der Waals surface area contributed by atoms with Crippen molar-refractivity contribution in [3.63, 3.8) is 0 Å². The van der Waals surface area contributed by atoms with Crippen LogP contribution in [0.5, 0.6) is 0 Å². The number of allylic oxidation sites excluding steroid dienone is 3. The predicted molar refractivity (Wildman–Crippen MR) is 54.2 cm³/mol. The molecular weight excluding hydrogens is 178 g/mol. The van der Waals surface area contributed by atoms with Crippen LogP contribution in [0.3, 0.4) is 0 Å². The van der Waals surface area contributed by atoms with Crippen molar-refractivity contribution < 1.29 is 9.90 Å². The average molecular weight is 193 g/mol. The summed E-state index contributed by atoms with van der Waals surface area (Å²) in [7, 11) is 0. The highest BCUT2D eigenvalue weighted by molar-refractivity contribution is 5.65. The number of hydrogen-bond donors (Lipinski definition) is 1. The first-order chi connectivity index (χ1) is 6.77. The second-order valence-electron chi connectivity index (χ2n) is 3.95. The highest BCUT2D eigenvalue weighted by atomic mass is 16.4. The molecule has 0 spiro atoms. The van der Waals surface area contributed by atoms with Crippen molar-refractivity contribution >= 4 is 6.09 Å². The molecule has 3 heteroatoms. The van der Waals surface area contributed by atoms with E-state index in [2.05, 4.69) is 12.2 Å². The average Bonchev–Trinajstić information content (AvgIpc) is 2.39. The van der Waals surface area contributed by atoms with Crippen LogP contribution in [0, 0.1) is 5.92 Å². The van der Waals surface area contributed by atoms with E-state index in [0.29, 0.717) is 19.0 Å². The van der Waals surface area contributed by atoms with Gasteiger partial charge in [0.15, 0.2) is 0 Å². The summed E-state index contributed by atoms with van der Waals surface area (Å²) in [5.41, 5.74) is 1.28. The fraction of sp³-hybridized carbons (Fsp3) is 0.545. The molecule has 1 N–H and O–H groups in total. The molecule has 0 saturated carbocycles. The zero-order valence-corrected chi connectivity index (χ0v) is 8.15.